The van der Waals surface area contributed by atoms with Crippen molar-refractivity contribution in [2.24, 2.45) is 5.92 Å². The smallest absolute Gasteiger partial charge is 0.319 e. The molecule has 0 saturated carbocycles. The number of aromatic nitrogens is 2. The van der Waals surface area contributed by atoms with Gasteiger partial charge in [-0.2, -0.15) is 5.10 Å². The standard InChI is InChI=1S/C23H27N5O2/c1-16-4-7-20(8-5-16)26-23(30)24-13-18-3-2-10-28(15-18)22(29)12-17-6-9-21-19(11-17)14-25-27-21/h4-9,11,14,18H,2-3,10,12-13,15H2,1H3,(H,25,27)(H2,24,26,30). The van der Waals surface area contributed by atoms with Crippen LogP contribution in [0.2, 0.25) is 0 Å². The summed E-state index contributed by atoms with van der Waals surface area (Å²) in [5.74, 6) is 0.398. The number of likely N-dealkylation sites (tertiary alicyclic amines) is 1. The Morgan fingerprint density at radius 2 is 2.03 bits per heavy atom. The predicted octanol–water partition coefficient (Wildman–Crippen LogP) is 3.47. The first-order valence-corrected chi connectivity index (χ1v) is 10.4. The van der Waals surface area contributed by atoms with Crippen molar-refractivity contribution in [2.75, 3.05) is 25.0 Å². The summed E-state index contributed by atoms with van der Waals surface area (Å²) in [7, 11) is 0. The zero-order chi connectivity index (χ0) is 20.9. The lowest BCUT2D eigenvalue weighted by atomic mass is 9.97. The predicted molar refractivity (Wildman–Crippen MR) is 117 cm³/mol. The number of hydrogen-bond donors (Lipinski definition) is 3. The number of carbonyl (C=O) groups is 2. The van der Waals surface area contributed by atoms with Crippen LogP contribution in [0.1, 0.15) is 24.0 Å². The number of rotatable bonds is 5. The van der Waals surface area contributed by atoms with Crippen LogP contribution in [-0.2, 0) is 11.2 Å². The largest absolute Gasteiger partial charge is 0.342 e. The van der Waals surface area contributed by atoms with E-state index in [9.17, 15) is 9.59 Å². The van der Waals surface area contributed by atoms with Crippen molar-refractivity contribution < 1.29 is 9.59 Å². The maximum atomic E-state index is 12.8. The van der Waals surface area contributed by atoms with Crippen LogP contribution < -0.4 is 10.6 Å². The molecule has 3 aromatic rings. The van der Waals surface area contributed by atoms with Crippen LogP contribution >= 0.6 is 0 Å². The quantitative estimate of drug-likeness (QED) is 0.607. The molecule has 7 nitrogen and oxygen atoms in total. The van der Waals surface area contributed by atoms with Crippen LogP contribution in [0, 0.1) is 12.8 Å². The third-order valence-corrected chi connectivity index (χ3v) is 5.59. The van der Waals surface area contributed by atoms with Crippen molar-refractivity contribution >= 4 is 28.5 Å². The summed E-state index contributed by atoms with van der Waals surface area (Å²) in [6, 6.07) is 13.4. The Hall–Kier alpha value is -3.35. The van der Waals surface area contributed by atoms with Gasteiger partial charge in [0.2, 0.25) is 5.91 Å². The second kappa shape index (κ2) is 8.98. The molecule has 0 bridgehead atoms. The minimum Gasteiger partial charge on any atom is -0.342 e. The van der Waals surface area contributed by atoms with Crippen molar-refractivity contribution in [3.63, 3.8) is 0 Å². The Morgan fingerprint density at radius 1 is 1.20 bits per heavy atom. The number of nitrogens with zero attached hydrogens (tertiary/aromatic N) is 2. The lowest BCUT2D eigenvalue weighted by molar-refractivity contribution is -0.132. The molecule has 1 aliphatic heterocycles. The highest BCUT2D eigenvalue weighted by Crippen LogP contribution is 2.19. The fourth-order valence-corrected chi connectivity index (χ4v) is 3.90. The number of anilines is 1. The number of aromatic amines is 1. The number of H-pyrrole nitrogens is 1. The molecule has 1 unspecified atom stereocenters. The van der Waals surface area contributed by atoms with E-state index in [1.54, 1.807) is 6.20 Å². The van der Waals surface area contributed by atoms with Gasteiger partial charge in [-0.25, -0.2) is 4.79 Å². The third-order valence-electron chi connectivity index (χ3n) is 5.59. The fourth-order valence-electron chi connectivity index (χ4n) is 3.90. The molecule has 1 aromatic heterocycles. The van der Waals surface area contributed by atoms with Crippen LogP contribution in [0.5, 0.6) is 0 Å². The highest BCUT2D eigenvalue weighted by Gasteiger charge is 2.24. The van der Waals surface area contributed by atoms with Crippen molar-refractivity contribution in [3.8, 4) is 0 Å². The van der Waals surface area contributed by atoms with E-state index < -0.39 is 0 Å². The average molecular weight is 406 g/mol. The maximum Gasteiger partial charge on any atom is 0.319 e. The Labute approximate surface area is 175 Å². The van der Waals surface area contributed by atoms with Gasteiger partial charge in [-0.05, 0) is 55.5 Å². The van der Waals surface area contributed by atoms with Gasteiger partial charge in [0, 0.05) is 30.7 Å². The molecule has 0 spiro atoms. The zero-order valence-electron chi connectivity index (χ0n) is 17.1. The van der Waals surface area contributed by atoms with E-state index >= 15 is 0 Å². The van der Waals surface area contributed by atoms with Gasteiger partial charge < -0.3 is 15.5 Å². The van der Waals surface area contributed by atoms with Crippen molar-refractivity contribution in [1.82, 2.24) is 20.4 Å². The number of fused-ring (bicyclic) bond motifs is 1. The summed E-state index contributed by atoms with van der Waals surface area (Å²) >= 11 is 0. The van der Waals surface area contributed by atoms with Crippen LogP contribution in [0.4, 0.5) is 10.5 Å². The van der Waals surface area contributed by atoms with Gasteiger partial charge in [0.25, 0.3) is 0 Å². The van der Waals surface area contributed by atoms with E-state index in [2.05, 4.69) is 20.8 Å². The summed E-state index contributed by atoms with van der Waals surface area (Å²) < 4.78 is 0. The summed E-state index contributed by atoms with van der Waals surface area (Å²) in [6.45, 7) is 4.02. The van der Waals surface area contributed by atoms with Gasteiger partial charge in [-0.1, -0.05) is 23.8 Å². The minimum absolute atomic E-state index is 0.131. The number of piperidine rings is 1. The van der Waals surface area contributed by atoms with Gasteiger partial charge in [-0.15, -0.1) is 0 Å². The number of nitrogens with one attached hydrogen (secondary N) is 3. The van der Waals surface area contributed by atoms with Gasteiger partial charge in [0.1, 0.15) is 0 Å². The number of carbonyl (C=O) groups excluding carboxylic acids is 2. The first kappa shape index (κ1) is 19.9. The molecule has 3 N–H and O–H groups in total. The highest BCUT2D eigenvalue weighted by molar-refractivity contribution is 5.89. The molecule has 2 heterocycles. The molecule has 1 saturated heterocycles. The Balaban J connectivity index is 1.26. The molecular weight excluding hydrogens is 378 g/mol. The lowest BCUT2D eigenvalue weighted by Gasteiger charge is -2.33. The number of hydrogen-bond acceptors (Lipinski definition) is 3. The van der Waals surface area contributed by atoms with Crippen LogP contribution in [0.3, 0.4) is 0 Å². The SMILES string of the molecule is Cc1ccc(NC(=O)NCC2CCCN(C(=O)Cc3ccc4[nH]ncc4c3)C2)cc1. The summed E-state index contributed by atoms with van der Waals surface area (Å²) in [6.07, 6.45) is 4.12. The monoisotopic (exact) mass is 405 g/mol. The summed E-state index contributed by atoms with van der Waals surface area (Å²) in [4.78, 5) is 26.9. The van der Waals surface area contributed by atoms with E-state index in [1.807, 2.05) is 54.3 Å². The lowest BCUT2D eigenvalue weighted by Crippen LogP contribution is -2.44. The molecule has 3 amide bonds. The number of benzene rings is 2. The fraction of sp³-hybridized carbons (Fsp3) is 0.348. The summed E-state index contributed by atoms with van der Waals surface area (Å²) in [5, 5.41) is 13.8. The maximum absolute atomic E-state index is 12.8. The van der Waals surface area contributed by atoms with Gasteiger partial charge in [0.05, 0.1) is 18.1 Å². The second-order valence-electron chi connectivity index (χ2n) is 8.02. The molecule has 0 aliphatic carbocycles. The van der Waals surface area contributed by atoms with Crippen LogP contribution in [0.15, 0.2) is 48.7 Å². The molecule has 1 aliphatic rings. The molecule has 7 heteroatoms. The number of amides is 3. The van der Waals surface area contributed by atoms with E-state index in [0.717, 1.165) is 47.1 Å². The van der Waals surface area contributed by atoms with Crippen LogP contribution in [0.25, 0.3) is 10.9 Å². The topological polar surface area (TPSA) is 90.1 Å². The van der Waals surface area contributed by atoms with Gasteiger partial charge >= 0.3 is 6.03 Å². The second-order valence-corrected chi connectivity index (χ2v) is 8.02. The van der Waals surface area contributed by atoms with Crippen LogP contribution in [-0.4, -0.2) is 46.7 Å². The molecule has 30 heavy (non-hydrogen) atoms. The molecule has 1 atom stereocenters. The summed E-state index contributed by atoms with van der Waals surface area (Å²) in [5.41, 5.74) is 3.89. The average Bonchev–Trinajstić information content (AvgIpc) is 3.22. The van der Waals surface area contributed by atoms with Gasteiger partial charge in [0.15, 0.2) is 0 Å². The Kier molecular flexibility index (Phi) is 5.97. The first-order chi connectivity index (χ1) is 14.6. The normalized spacial score (nSPS) is 16.4. The molecule has 1 fully saturated rings. The third kappa shape index (κ3) is 4.97. The Bertz CT molecular complexity index is 1030. The van der Waals surface area contributed by atoms with Crippen molar-refractivity contribution in [1.29, 1.82) is 0 Å². The number of aryl methyl sites for hydroxylation is 1. The Morgan fingerprint density at radius 3 is 2.87 bits per heavy atom. The highest BCUT2D eigenvalue weighted by atomic mass is 16.2. The molecule has 4 rings (SSSR count). The molecule has 2 aromatic carbocycles. The van der Waals surface area contributed by atoms with E-state index in [1.165, 1.54) is 0 Å². The van der Waals surface area contributed by atoms with Crippen molar-refractivity contribution in [3.05, 3.63) is 59.8 Å². The van der Waals surface area contributed by atoms with Gasteiger partial charge in [-0.3, -0.25) is 9.89 Å². The number of urea groups is 1. The zero-order valence-corrected chi connectivity index (χ0v) is 17.1. The van der Waals surface area contributed by atoms with E-state index in [0.29, 0.717) is 19.5 Å². The van der Waals surface area contributed by atoms with Crippen molar-refractivity contribution in [2.45, 2.75) is 26.2 Å². The molecule has 0 radical (unpaired) electrons. The van der Waals surface area contributed by atoms with E-state index in [4.69, 9.17) is 0 Å². The molecule has 156 valence electrons. The first-order valence-electron chi connectivity index (χ1n) is 10.4. The van der Waals surface area contributed by atoms with E-state index in [-0.39, 0.29) is 17.9 Å². The minimum atomic E-state index is -0.212. The molecular formula is C23H27N5O2.